The molecule has 0 saturated heterocycles. The van der Waals surface area contributed by atoms with Crippen LogP contribution in [0.3, 0.4) is 0 Å². The Morgan fingerprint density at radius 1 is 0.818 bits per heavy atom. The van der Waals surface area contributed by atoms with E-state index in [0.29, 0.717) is 6.04 Å². The van der Waals surface area contributed by atoms with Crippen LogP contribution in [0.2, 0.25) is 0 Å². The number of para-hydroxylation sites is 2. The summed E-state index contributed by atoms with van der Waals surface area (Å²) in [6.45, 7) is 0. The first-order valence-corrected chi connectivity index (χ1v) is 8.05. The first kappa shape index (κ1) is 14.6. The molecule has 114 valence electrons. The van der Waals surface area contributed by atoms with Crippen molar-refractivity contribution in [1.29, 1.82) is 0 Å². The molecule has 1 N–H and O–H groups in total. The van der Waals surface area contributed by atoms with Gasteiger partial charge in [-0.15, -0.1) is 0 Å². The number of amides is 2. The van der Waals surface area contributed by atoms with E-state index < -0.39 is 0 Å². The largest absolute Gasteiger partial charge is 0.335 e. The van der Waals surface area contributed by atoms with Crippen LogP contribution < -0.4 is 10.2 Å². The third kappa shape index (κ3) is 3.48. The molecule has 2 aromatic rings. The standard InChI is InChI=1S/C19H22N2O/c22-19(20-16-10-4-1-5-11-16)21(17-12-6-2-7-13-17)18-14-8-3-9-15-18/h2-3,6-9,12-16H,1,4-5,10-11H2,(H,20,22). The smallest absolute Gasteiger partial charge is 0.326 e. The average Bonchev–Trinajstić information content (AvgIpc) is 2.58. The van der Waals surface area contributed by atoms with Gasteiger partial charge < -0.3 is 5.32 Å². The summed E-state index contributed by atoms with van der Waals surface area (Å²) >= 11 is 0. The van der Waals surface area contributed by atoms with Crippen molar-refractivity contribution in [1.82, 2.24) is 5.32 Å². The Balaban J connectivity index is 1.83. The van der Waals surface area contributed by atoms with E-state index in [9.17, 15) is 4.79 Å². The van der Waals surface area contributed by atoms with Crippen molar-refractivity contribution < 1.29 is 4.79 Å². The third-order valence-corrected chi connectivity index (χ3v) is 4.16. The zero-order valence-corrected chi connectivity index (χ0v) is 12.7. The van der Waals surface area contributed by atoms with Gasteiger partial charge in [-0.05, 0) is 37.1 Å². The fourth-order valence-electron chi connectivity index (χ4n) is 3.02. The number of hydrogen-bond donors (Lipinski definition) is 1. The molecule has 0 aromatic heterocycles. The second-order valence-corrected chi connectivity index (χ2v) is 5.79. The van der Waals surface area contributed by atoms with E-state index in [-0.39, 0.29) is 6.03 Å². The monoisotopic (exact) mass is 294 g/mol. The number of rotatable bonds is 3. The molecule has 0 atom stereocenters. The minimum atomic E-state index is -0.0377. The molecule has 3 nitrogen and oxygen atoms in total. The first-order valence-electron chi connectivity index (χ1n) is 8.05. The summed E-state index contributed by atoms with van der Waals surface area (Å²) in [7, 11) is 0. The highest BCUT2D eigenvalue weighted by Crippen LogP contribution is 2.26. The van der Waals surface area contributed by atoms with Crippen LogP contribution in [0.1, 0.15) is 32.1 Å². The molecule has 1 aliphatic carbocycles. The quantitative estimate of drug-likeness (QED) is 0.860. The Morgan fingerprint density at radius 3 is 1.82 bits per heavy atom. The first-order chi connectivity index (χ1) is 10.8. The van der Waals surface area contributed by atoms with Crippen molar-refractivity contribution in [3.05, 3.63) is 60.7 Å². The number of nitrogens with zero attached hydrogens (tertiary/aromatic N) is 1. The van der Waals surface area contributed by atoms with Gasteiger partial charge in [-0.3, -0.25) is 4.90 Å². The van der Waals surface area contributed by atoms with E-state index in [1.807, 2.05) is 60.7 Å². The summed E-state index contributed by atoms with van der Waals surface area (Å²) in [5, 5.41) is 3.20. The molecule has 1 saturated carbocycles. The van der Waals surface area contributed by atoms with Crippen molar-refractivity contribution in [2.24, 2.45) is 0 Å². The fourth-order valence-corrected chi connectivity index (χ4v) is 3.02. The summed E-state index contributed by atoms with van der Waals surface area (Å²) < 4.78 is 0. The van der Waals surface area contributed by atoms with E-state index in [0.717, 1.165) is 24.2 Å². The second-order valence-electron chi connectivity index (χ2n) is 5.79. The van der Waals surface area contributed by atoms with Gasteiger partial charge in [0.15, 0.2) is 0 Å². The van der Waals surface area contributed by atoms with Gasteiger partial charge in [0.25, 0.3) is 0 Å². The Labute approximate surface area is 132 Å². The summed E-state index contributed by atoms with van der Waals surface area (Å²) in [5.41, 5.74) is 1.78. The number of nitrogens with one attached hydrogen (secondary N) is 1. The van der Waals surface area contributed by atoms with Crippen LogP contribution in [0.4, 0.5) is 16.2 Å². The summed E-state index contributed by atoms with van der Waals surface area (Å²) in [5.74, 6) is 0. The van der Waals surface area contributed by atoms with Crippen LogP contribution in [0.5, 0.6) is 0 Å². The van der Waals surface area contributed by atoms with Gasteiger partial charge in [0, 0.05) is 6.04 Å². The number of anilines is 2. The van der Waals surface area contributed by atoms with E-state index in [1.54, 1.807) is 4.90 Å². The second kappa shape index (κ2) is 7.12. The minimum absolute atomic E-state index is 0.0377. The van der Waals surface area contributed by atoms with Crippen molar-refractivity contribution in [2.45, 2.75) is 38.1 Å². The van der Waals surface area contributed by atoms with Crippen LogP contribution in [-0.4, -0.2) is 12.1 Å². The van der Waals surface area contributed by atoms with E-state index in [1.165, 1.54) is 19.3 Å². The Kier molecular flexibility index (Phi) is 4.74. The Morgan fingerprint density at radius 2 is 1.32 bits per heavy atom. The van der Waals surface area contributed by atoms with Crippen LogP contribution in [0, 0.1) is 0 Å². The summed E-state index contributed by atoms with van der Waals surface area (Å²) in [4.78, 5) is 14.6. The lowest BCUT2D eigenvalue weighted by Gasteiger charge is -2.28. The molecule has 0 bridgehead atoms. The highest BCUT2D eigenvalue weighted by atomic mass is 16.2. The topological polar surface area (TPSA) is 32.3 Å². The molecule has 22 heavy (non-hydrogen) atoms. The van der Waals surface area contributed by atoms with Gasteiger partial charge >= 0.3 is 6.03 Å². The SMILES string of the molecule is O=C(NC1CCCCC1)N(c1ccccc1)c1ccccc1. The van der Waals surface area contributed by atoms with Crippen LogP contribution >= 0.6 is 0 Å². The fraction of sp³-hybridized carbons (Fsp3) is 0.316. The molecule has 0 heterocycles. The lowest BCUT2D eigenvalue weighted by Crippen LogP contribution is -2.43. The van der Waals surface area contributed by atoms with Gasteiger partial charge in [0.2, 0.25) is 0 Å². The Hall–Kier alpha value is -2.29. The van der Waals surface area contributed by atoms with Crippen LogP contribution in [0.25, 0.3) is 0 Å². The van der Waals surface area contributed by atoms with Crippen LogP contribution in [-0.2, 0) is 0 Å². The van der Waals surface area contributed by atoms with Gasteiger partial charge in [0.05, 0.1) is 11.4 Å². The molecule has 0 aliphatic heterocycles. The number of urea groups is 1. The third-order valence-electron chi connectivity index (χ3n) is 4.16. The maximum Gasteiger partial charge on any atom is 0.326 e. The number of benzene rings is 2. The van der Waals surface area contributed by atoms with E-state index >= 15 is 0 Å². The molecule has 3 rings (SSSR count). The maximum absolute atomic E-state index is 12.8. The molecule has 0 radical (unpaired) electrons. The van der Waals surface area contributed by atoms with Gasteiger partial charge in [-0.1, -0.05) is 55.7 Å². The highest BCUT2D eigenvalue weighted by Gasteiger charge is 2.22. The minimum Gasteiger partial charge on any atom is -0.335 e. The van der Waals surface area contributed by atoms with E-state index in [2.05, 4.69) is 5.32 Å². The predicted molar refractivity (Wildman–Crippen MR) is 90.4 cm³/mol. The molecule has 2 aromatic carbocycles. The molecule has 1 aliphatic rings. The number of carbonyl (C=O) groups excluding carboxylic acids is 1. The molecular weight excluding hydrogens is 272 g/mol. The number of carbonyl (C=O) groups is 1. The molecule has 0 unspecified atom stereocenters. The summed E-state index contributed by atoms with van der Waals surface area (Å²) in [6.07, 6.45) is 5.88. The maximum atomic E-state index is 12.8. The Bertz CT molecular complexity index is 552. The molecule has 1 fully saturated rings. The lowest BCUT2D eigenvalue weighted by molar-refractivity contribution is 0.240. The van der Waals surface area contributed by atoms with Gasteiger partial charge in [0.1, 0.15) is 0 Å². The van der Waals surface area contributed by atoms with Crippen molar-refractivity contribution in [3.8, 4) is 0 Å². The molecule has 0 spiro atoms. The normalized spacial score (nSPS) is 15.3. The molecular formula is C19H22N2O. The zero-order chi connectivity index (χ0) is 15.2. The van der Waals surface area contributed by atoms with Crippen molar-refractivity contribution >= 4 is 17.4 Å². The molecule has 2 amide bonds. The average molecular weight is 294 g/mol. The number of hydrogen-bond acceptors (Lipinski definition) is 1. The zero-order valence-electron chi connectivity index (χ0n) is 12.7. The van der Waals surface area contributed by atoms with E-state index in [4.69, 9.17) is 0 Å². The van der Waals surface area contributed by atoms with Crippen molar-refractivity contribution in [3.63, 3.8) is 0 Å². The van der Waals surface area contributed by atoms with Crippen molar-refractivity contribution in [2.75, 3.05) is 4.90 Å². The van der Waals surface area contributed by atoms with Gasteiger partial charge in [-0.25, -0.2) is 4.79 Å². The summed E-state index contributed by atoms with van der Waals surface area (Å²) in [6, 6.07) is 19.9. The predicted octanol–water partition coefficient (Wildman–Crippen LogP) is 4.87. The highest BCUT2D eigenvalue weighted by molar-refractivity contribution is 5.99. The lowest BCUT2D eigenvalue weighted by atomic mass is 9.96. The molecule has 3 heteroatoms. The van der Waals surface area contributed by atoms with Gasteiger partial charge in [-0.2, -0.15) is 0 Å². The van der Waals surface area contributed by atoms with Crippen LogP contribution in [0.15, 0.2) is 60.7 Å².